The van der Waals surface area contributed by atoms with Crippen LogP contribution in [0, 0.1) is 0 Å². The summed E-state index contributed by atoms with van der Waals surface area (Å²) in [4.78, 5) is 4.42. The molecule has 0 saturated heterocycles. The molecule has 3 aromatic heterocycles. The van der Waals surface area contributed by atoms with Crippen LogP contribution in [-0.4, -0.2) is 26.7 Å². The average molecular weight is 334 g/mol. The molecular formula is C19H18N4O2. The molecule has 0 unspecified atom stereocenters. The number of benzene rings is 1. The van der Waals surface area contributed by atoms with E-state index >= 15 is 0 Å². The molecule has 0 bridgehead atoms. The van der Waals surface area contributed by atoms with Crippen LogP contribution in [0.25, 0.3) is 28.1 Å². The minimum Gasteiger partial charge on any atom is -0.469 e. The molecule has 0 spiro atoms. The van der Waals surface area contributed by atoms with E-state index in [1.807, 2.05) is 42.5 Å². The summed E-state index contributed by atoms with van der Waals surface area (Å²) in [5.74, 6) is 1.29. The molecule has 1 saturated carbocycles. The predicted octanol–water partition coefficient (Wildman–Crippen LogP) is 3.40. The highest BCUT2D eigenvalue weighted by Crippen LogP contribution is 2.35. The van der Waals surface area contributed by atoms with Gasteiger partial charge in [-0.2, -0.15) is 0 Å². The van der Waals surface area contributed by atoms with Gasteiger partial charge in [0.25, 0.3) is 0 Å². The smallest absolute Gasteiger partial charge is 0.232 e. The Morgan fingerprint density at radius 1 is 1.20 bits per heavy atom. The summed E-state index contributed by atoms with van der Waals surface area (Å²) in [7, 11) is 0. The van der Waals surface area contributed by atoms with Crippen molar-refractivity contribution in [1.29, 1.82) is 0 Å². The van der Waals surface area contributed by atoms with Crippen molar-refractivity contribution in [1.82, 2.24) is 14.6 Å². The summed E-state index contributed by atoms with van der Waals surface area (Å²) in [6.45, 7) is 0.507. The number of nitrogens with two attached hydrogens (primary N) is 1. The number of ether oxygens (including phenoxy) is 1. The van der Waals surface area contributed by atoms with Gasteiger partial charge in [-0.05, 0) is 37.5 Å². The van der Waals surface area contributed by atoms with Crippen LogP contribution in [0.15, 0.2) is 53.1 Å². The van der Waals surface area contributed by atoms with Crippen molar-refractivity contribution < 1.29 is 9.15 Å². The molecule has 1 aromatic carbocycles. The van der Waals surface area contributed by atoms with Gasteiger partial charge in [0.1, 0.15) is 16.9 Å². The molecule has 0 amide bonds. The summed E-state index contributed by atoms with van der Waals surface area (Å²) < 4.78 is 13.8. The van der Waals surface area contributed by atoms with Gasteiger partial charge in [0.2, 0.25) is 5.88 Å². The van der Waals surface area contributed by atoms with Gasteiger partial charge in [0, 0.05) is 18.0 Å². The fourth-order valence-electron chi connectivity index (χ4n) is 3.33. The Morgan fingerprint density at radius 2 is 2.08 bits per heavy atom. The highest BCUT2D eigenvalue weighted by molar-refractivity contribution is 5.82. The third-order valence-electron chi connectivity index (χ3n) is 4.97. The number of hydrogen-bond donors (Lipinski definition) is 1. The number of fused-ring (bicyclic) bond motifs is 2. The van der Waals surface area contributed by atoms with Gasteiger partial charge in [0.05, 0.1) is 6.20 Å². The lowest BCUT2D eigenvalue weighted by atomic mass is 9.80. The van der Waals surface area contributed by atoms with Crippen molar-refractivity contribution in [2.24, 2.45) is 5.73 Å². The van der Waals surface area contributed by atoms with Crippen LogP contribution in [0.5, 0.6) is 5.88 Å². The average Bonchev–Trinajstić information content (AvgIpc) is 3.21. The first-order chi connectivity index (χ1) is 12.3. The highest BCUT2D eigenvalue weighted by atomic mass is 16.5. The highest BCUT2D eigenvalue weighted by Gasteiger charge is 2.38. The molecule has 0 aliphatic heterocycles. The van der Waals surface area contributed by atoms with Gasteiger partial charge in [-0.1, -0.05) is 18.2 Å². The van der Waals surface area contributed by atoms with E-state index in [0.717, 1.165) is 47.3 Å². The summed E-state index contributed by atoms with van der Waals surface area (Å²) in [5.41, 5.74) is 8.01. The van der Waals surface area contributed by atoms with Crippen molar-refractivity contribution in [2.75, 3.05) is 6.54 Å². The Hall–Kier alpha value is -2.86. The lowest BCUT2D eigenvalue weighted by Crippen LogP contribution is -2.49. The zero-order valence-electron chi connectivity index (χ0n) is 13.7. The van der Waals surface area contributed by atoms with E-state index in [-0.39, 0.29) is 5.60 Å². The number of para-hydroxylation sites is 1. The fourth-order valence-corrected chi connectivity index (χ4v) is 3.33. The van der Waals surface area contributed by atoms with E-state index in [2.05, 4.69) is 10.1 Å². The van der Waals surface area contributed by atoms with Crippen LogP contribution in [-0.2, 0) is 0 Å². The largest absolute Gasteiger partial charge is 0.469 e. The normalized spacial score (nSPS) is 16.2. The Bertz CT molecular complexity index is 1020. The Kier molecular flexibility index (Phi) is 3.08. The summed E-state index contributed by atoms with van der Waals surface area (Å²) in [6, 6.07) is 13.7. The molecule has 1 aliphatic rings. The van der Waals surface area contributed by atoms with Gasteiger partial charge < -0.3 is 14.9 Å². The third-order valence-corrected chi connectivity index (χ3v) is 4.97. The minimum atomic E-state index is -0.263. The first kappa shape index (κ1) is 14.5. The van der Waals surface area contributed by atoms with Gasteiger partial charge in [-0.25, -0.2) is 9.50 Å². The van der Waals surface area contributed by atoms with Crippen molar-refractivity contribution >= 4 is 16.6 Å². The van der Waals surface area contributed by atoms with Crippen molar-refractivity contribution in [3.63, 3.8) is 0 Å². The van der Waals surface area contributed by atoms with E-state index in [1.54, 1.807) is 10.7 Å². The molecule has 1 fully saturated rings. The molecule has 2 N–H and O–H groups in total. The van der Waals surface area contributed by atoms with E-state index in [0.29, 0.717) is 12.4 Å². The lowest BCUT2D eigenvalue weighted by Gasteiger charge is -2.40. The third kappa shape index (κ3) is 2.29. The molecular weight excluding hydrogens is 316 g/mol. The molecule has 126 valence electrons. The quantitative estimate of drug-likeness (QED) is 0.619. The van der Waals surface area contributed by atoms with E-state index < -0.39 is 0 Å². The number of hydrogen-bond acceptors (Lipinski definition) is 5. The van der Waals surface area contributed by atoms with Crippen LogP contribution in [0.4, 0.5) is 0 Å². The van der Waals surface area contributed by atoms with E-state index in [9.17, 15) is 0 Å². The fraction of sp³-hybridized carbons (Fsp3) is 0.263. The van der Waals surface area contributed by atoms with Crippen LogP contribution in [0.2, 0.25) is 0 Å². The molecule has 25 heavy (non-hydrogen) atoms. The second-order valence-corrected chi connectivity index (χ2v) is 6.58. The second-order valence-electron chi connectivity index (χ2n) is 6.58. The van der Waals surface area contributed by atoms with Gasteiger partial charge >= 0.3 is 0 Å². The first-order valence-corrected chi connectivity index (χ1v) is 8.49. The SMILES string of the molecule is NCC1(Oc2ccc3ncc(-c4cc5ccccc5o4)n3n2)CCC1. The number of aromatic nitrogens is 3. The number of furan rings is 1. The maximum Gasteiger partial charge on any atom is 0.232 e. The van der Waals surface area contributed by atoms with Crippen LogP contribution in [0.3, 0.4) is 0 Å². The Morgan fingerprint density at radius 3 is 2.84 bits per heavy atom. The Labute approximate surface area is 144 Å². The van der Waals surface area contributed by atoms with Crippen LogP contribution in [0.1, 0.15) is 19.3 Å². The van der Waals surface area contributed by atoms with Crippen LogP contribution >= 0.6 is 0 Å². The van der Waals surface area contributed by atoms with Crippen molar-refractivity contribution in [3.05, 3.63) is 48.7 Å². The summed E-state index contributed by atoms with van der Waals surface area (Å²) in [5, 5.41) is 5.67. The second kappa shape index (κ2) is 5.32. The van der Waals surface area contributed by atoms with E-state index in [4.69, 9.17) is 14.9 Å². The minimum absolute atomic E-state index is 0.263. The molecule has 5 rings (SSSR count). The molecule has 0 atom stereocenters. The molecule has 6 heteroatoms. The number of rotatable bonds is 4. The zero-order chi connectivity index (χ0) is 16.9. The van der Waals surface area contributed by atoms with Gasteiger partial charge in [-0.3, -0.25) is 0 Å². The molecule has 4 aromatic rings. The topological polar surface area (TPSA) is 78.6 Å². The first-order valence-electron chi connectivity index (χ1n) is 8.49. The van der Waals surface area contributed by atoms with Crippen LogP contribution < -0.4 is 10.5 Å². The number of imidazole rings is 1. The maximum absolute atomic E-state index is 6.10. The molecule has 0 radical (unpaired) electrons. The number of nitrogens with zero attached hydrogens (tertiary/aromatic N) is 3. The van der Waals surface area contributed by atoms with Crippen molar-refractivity contribution in [2.45, 2.75) is 24.9 Å². The van der Waals surface area contributed by atoms with Crippen molar-refractivity contribution in [3.8, 4) is 17.3 Å². The molecule has 3 heterocycles. The predicted molar refractivity (Wildman–Crippen MR) is 94.5 cm³/mol. The van der Waals surface area contributed by atoms with Gasteiger partial charge in [-0.15, -0.1) is 5.10 Å². The molecule has 6 nitrogen and oxygen atoms in total. The van der Waals surface area contributed by atoms with E-state index in [1.165, 1.54) is 0 Å². The zero-order valence-corrected chi connectivity index (χ0v) is 13.7. The van der Waals surface area contributed by atoms with Gasteiger partial charge in [0.15, 0.2) is 11.4 Å². The summed E-state index contributed by atoms with van der Waals surface area (Å²) >= 11 is 0. The molecule has 1 aliphatic carbocycles. The standard InChI is InChI=1S/C19H18N4O2/c20-12-19(8-3-9-19)25-18-7-6-17-21-11-14(23(17)22-18)16-10-13-4-1-2-5-15(13)24-16/h1-2,4-7,10-11H,3,8-9,12,20H2. The maximum atomic E-state index is 6.10. The lowest BCUT2D eigenvalue weighted by molar-refractivity contribution is -0.00316. The Balaban J connectivity index is 1.58. The monoisotopic (exact) mass is 334 g/mol. The summed E-state index contributed by atoms with van der Waals surface area (Å²) in [6.07, 6.45) is 4.87.